The van der Waals surface area contributed by atoms with Crippen LogP contribution in [0.4, 0.5) is 0 Å². The van der Waals surface area contributed by atoms with Gasteiger partial charge in [0.05, 0.1) is 4.90 Å². The van der Waals surface area contributed by atoms with Gasteiger partial charge in [0.1, 0.15) is 0 Å². The maximum absolute atomic E-state index is 12.5. The molecule has 0 aliphatic heterocycles. The summed E-state index contributed by atoms with van der Waals surface area (Å²) in [5.74, 6) is 0.677. The zero-order valence-electron chi connectivity index (χ0n) is 12.4. The lowest BCUT2D eigenvalue weighted by atomic mass is 10.1. The van der Waals surface area contributed by atoms with Gasteiger partial charge in [-0.25, -0.2) is 13.1 Å². The minimum Gasteiger partial charge on any atom is -0.326 e. The highest BCUT2D eigenvalue weighted by molar-refractivity contribution is 9.10. The van der Waals surface area contributed by atoms with Crippen molar-refractivity contribution in [1.82, 2.24) is 4.72 Å². The molecule has 0 saturated heterocycles. The van der Waals surface area contributed by atoms with E-state index in [2.05, 4.69) is 20.7 Å². The maximum atomic E-state index is 12.5. The normalized spacial score (nSPS) is 16.5. The molecule has 0 radical (unpaired) electrons. The van der Waals surface area contributed by atoms with E-state index in [0.717, 1.165) is 22.0 Å². The monoisotopic (exact) mass is 374 g/mol. The van der Waals surface area contributed by atoms with E-state index in [1.807, 2.05) is 6.07 Å². The highest BCUT2D eigenvalue weighted by atomic mass is 79.9. The summed E-state index contributed by atoms with van der Waals surface area (Å²) in [6.45, 7) is 2.64. The molecule has 1 saturated carbocycles. The summed E-state index contributed by atoms with van der Waals surface area (Å²) in [5.41, 5.74) is 7.16. The summed E-state index contributed by atoms with van der Waals surface area (Å²) >= 11 is 3.40. The molecular weight excluding hydrogens is 352 g/mol. The zero-order chi connectivity index (χ0) is 15.5. The Bertz CT molecular complexity index is 596. The van der Waals surface area contributed by atoms with Gasteiger partial charge in [0.15, 0.2) is 0 Å². The first-order valence-corrected chi connectivity index (χ1v) is 9.70. The van der Waals surface area contributed by atoms with Crippen molar-refractivity contribution in [3.8, 4) is 0 Å². The molecule has 0 amide bonds. The summed E-state index contributed by atoms with van der Waals surface area (Å²) in [6.07, 6.45) is 5.95. The molecule has 0 spiro atoms. The second kappa shape index (κ2) is 7.22. The largest absolute Gasteiger partial charge is 0.326 e. The van der Waals surface area contributed by atoms with Gasteiger partial charge in [0, 0.05) is 17.6 Å². The second-order valence-electron chi connectivity index (χ2n) is 5.74. The van der Waals surface area contributed by atoms with Crippen molar-refractivity contribution in [2.75, 3.05) is 6.54 Å². The fourth-order valence-electron chi connectivity index (χ4n) is 2.88. The van der Waals surface area contributed by atoms with E-state index in [4.69, 9.17) is 5.73 Å². The average Bonchev–Trinajstić information content (AvgIpc) is 2.94. The van der Waals surface area contributed by atoms with E-state index in [0.29, 0.717) is 23.9 Å². The van der Waals surface area contributed by atoms with Crippen LogP contribution in [0.2, 0.25) is 0 Å². The Hall–Kier alpha value is -0.430. The standard InChI is InChI=1S/C15H23BrN2O2S/c1-11-14(16)8-13(10-17)9-15(11)21(19,20)18-7-6-12-4-2-3-5-12/h8-9,12,18H,2-7,10,17H2,1H3. The van der Waals surface area contributed by atoms with E-state index >= 15 is 0 Å². The minimum atomic E-state index is -3.47. The summed E-state index contributed by atoms with van der Waals surface area (Å²) in [6, 6.07) is 3.53. The van der Waals surface area contributed by atoms with Crippen LogP contribution in [0.15, 0.2) is 21.5 Å². The van der Waals surface area contributed by atoms with E-state index < -0.39 is 10.0 Å². The van der Waals surface area contributed by atoms with Crippen molar-refractivity contribution in [2.24, 2.45) is 11.7 Å². The van der Waals surface area contributed by atoms with Gasteiger partial charge in [-0.1, -0.05) is 41.6 Å². The Balaban J connectivity index is 2.09. The quantitative estimate of drug-likeness (QED) is 0.803. The van der Waals surface area contributed by atoms with Gasteiger partial charge in [-0.15, -0.1) is 0 Å². The van der Waals surface area contributed by atoms with Crippen LogP contribution in [0.25, 0.3) is 0 Å². The molecule has 2 rings (SSSR count). The molecule has 0 atom stereocenters. The van der Waals surface area contributed by atoms with Crippen molar-refractivity contribution >= 4 is 26.0 Å². The molecule has 21 heavy (non-hydrogen) atoms. The van der Waals surface area contributed by atoms with Gasteiger partial charge >= 0.3 is 0 Å². The number of hydrogen-bond acceptors (Lipinski definition) is 3. The van der Waals surface area contributed by atoms with Gasteiger partial charge in [-0.2, -0.15) is 0 Å². The molecule has 0 heterocycles. The Morgan fingerprint density at radius 1 is 1.33 bits per heavy atom. The Labute approximate surface area is 135 Å². The smallest absolute Gasteiger partial charge is 0.240 e. The van der Waals surface area contributed by atoms with Crippen molar-refractivity contribution < 1.29 is 8.42 Å². The molecule has 4 nitrogen and oxygen atoms in total. The highest BCUT2D eigenvalue weighted by Gasteiger charge is 2.20. The molecular formula is C15H23BrN2O2S. The molecule has 0 unspecified atom stereocenters. The molecule has 0 aromatic heterocycles. The first-order valence-electron chi connectivity index (χ1n) is 7.43. The van der Waals surface area contributed by atoms with Crippen LogP contribution < -0.4 is 10.5 Å². The number of halogens is 1. The lowest BCUT2D eigenvalue weighted by Crippen LogP contribution is -2.27. The van der Waals surface area contributed by atoms with Gasteiger partial charge in [0.25, 0.3) is 0 Å². The molecule has 0 bridgehead atoms. The van der Waals surface area contributed by atoms with Crippen LogP contribution in [0.1, 0.15) is 43.2 Å². The van der Waals surface area contributed by atoms with Crippen LogP contribution in [-0.2, 0) is 16.6 Å². The third-order valence-electron chi connectivity index (χ3n) is 4.20. The SMILES string of the molecule is Cc1c(Br)cc(CN)cc1S(=O)(=O)NCCC1CCCC1. The molecule has 1 aromatic carbocycles. The van der Waals surface area contributed by atoms with Crippen molar-refractivity contribution in [3.05, 3.63) is 27.7 Å². The first kappa shape index (κ1) is 16.9. The van der Waals surface area contributed by atoms with E-state index in [1.54, 1.807) is 13.0 Å². The van der Waals surface area contributed by atoms with Crippen LogP contribution in [0.3, 0.4) is 0 Å². The average molecular weight is 375 g/mol. The van der Waals surface area contributed by atoms with Crippen molar-refractivity contribution in [1.29, 1.82) is 0 Å². The summed E-state index contributed by atoms with van der Waals surface area (Å²) in [5, 5.41) is 0. The van der Waals surface area contributed by atoms with Crippen LogP contribution in [-0.4, -0.2) is 15.0 Å². The van der Waals surface area contributed by atoms with E-state index in [9.17, 15) is 8.42 Å². The fraction of sp³-hybridized carbons (Fsp3) is 0.600. The van der Waals surface area contributed by atoms with Crippen LogP contribution in [0, 0.1) is 12.8 Å². The Kier molecular flexibility index (Phi) is 5.82. The van der Waals surface area contributed by atoms with Crippen LogP contribution >= 0.6 is 15.9 Å². The van der Waals surface area contributed by atoms with Crippen LogP contribution in [0.5, 0.6) is 0 Å². The van der Waals surface area contributed by atoms with Gasteiger partial charge in [-0.3, -0.25) is 0 Å². The topological polar surface area (TPSA) is 72.2 Å². The number of nitrogens with one attached hydrogen (secondary N) is 1. The second-order valence-corrected chi connectivity index (χ2v) is 8.33. The molecule has 1 fully saturated rings. The third-order valence-corrected chi connectivity index (χ3v) is 6.61. The van der Waals surface area contributed by atoms with Gasteiger partial charge in [-0.05, 0) is 42.5 Å². The zero-order valence-corrected chi connectivity index (χ0v) is 14.8. The van der Waals surface area contributed by atoms with E-state index in [-0.39, 0.29) is 0 Å². The molecule has 1 aromatic rings. The molecule has 3 N–H and O–H groups in total. The predicted octanol–water partition coefficient (Wildman–Crippen LogP) is 3.07. The number of sulfonamides is 1. The maximum Gasteiger partial charge on any atom is 0.240 e. The molecule has 118 valence electrons. The first-order chi connectivity index (χ1) is 9.94. The van der Waals surface area contributed by atoms with Gasteiger partial charge < -0.3 is 5.73 Å². The van der Waals surface area contributed by atoms with Gasteiger partial charge in [0.2, 0.25) is 10.0 Å². The van der Waals surface area contributed by atoms with Crippen molar-refractivity contribution in [3.63, 3.8) is 0 Å². The Morgan fingerprint density at radius 3 is 2.62 bits per heavy atom. The minimum absolute atomic E-state index is 0.323. The van der Waals surface area contributed by atoms with E-state index in [1.165, 1.54) is 25.7 Å². The fourth-order valence-corrected chi connectivity index (χ4v) is 4.88. The summed E-state index contributed by atoms with van der Waals surface area (Å²) < 4.78 is 28.5. The summed E-state index contributed by atoms with van der Waals surface area (Å²) in [4.78, 5) is 0.323. The lowest BCUT2D eigenvalue weighted by Gasteiger charge is -2.14. The number of rotatable bonds is 6. The highest BCUT2D eigenvalue weighted by Crippen LogP contribution is 2.28. The molecule has 1 aliphatic carbocycles. The third kappa shape index (κ3) is 4.28. The number of benzene rings is 1. The lowest BCUT2D eigenvalue weighted by molar-refractivity contribution is 0.495. The summed E-state index contributed by atoms with van der Waals surface area (Å²) in [7, 11) is -3.47. The predicted molar refractivity (Wildman–Crippen MR) is 88.5 cm³/mol. The number of nitrogens with two attached hydrogens (primary N) is 1. The number of hydrogen-bond donors (Lipinski definition) is 2. The molecule has 6 heteroatoms. The molecule has 1 aliphatic rings. The Morgan fingerprint density at radius 2 is 2.00 bits per heavy atom. The van der Waals surface area contributed by atoms with Crippen molar-refractivity contribution in [2.45, 2.75) is 50.5 Å².